The van der Waals surface area contributed by atoms with Crippen LogP contribution in [-0.2, 0) is 32.6 Å². The summed E-state index contributed by atoms with van der Waals surface area (Å²) in [4.78, 5) is 29.1. The molecule has 0 saturated carbocycles. The second-order valence-corrected chi connectivity index (χ2v) is 11.9. The summed E-state index contributed by atoms with van der Waals surface area (Å²) in [7, 11) is -2.57. The Bertz CT molecular complexity index is 1570. The first-order valence-electron chi connectivity index (χ1n) is 13.4. The van der Waals surface area contributed by atoms with Crippen LogP contribution >= 0.6 is 0 Å². The Morgan fingerprint density at radius 1 is 0.756 bits per heavy atom. The van der Waals surface area contributed by atoms with Gasteiger partial charge in [-0.2, -0.15) is 0 Å². The Balaban J connectivity index is 1.78. The van der Waals surface area contributed by atoms with E-state index >= 15 is 0 Å². The first-order chi connectivity index (χ1) is 19.7. The van der Waals surface area contributed by atoms with Crippen molar-refractivity contribution in [2.24, 2.45) is 0 Å². The molecule has 0 aliphatic carbocycles. The SMILES string of the molecule is CNC(=O)[C@@H](Cc1ccccc1)N(Cc1ccc(C)cc1)C(=O)CN(c1cccc(C)c1)S(=O)(=O)c1ccccc1. The number of nitrogens with one attached hydrogen (secondary N) is 1. The van der Waals surface area contributed by atoms with Gasteiger partial charge >= 0.3 is 0 Å². The van der Waals surface area contributed by atoms with E-state index in [4.69, 9.17) is 0 Å². The minimum absolute atomic E-state index is 0.0755. The maximum Gasteiger partial charge on any atom is 0.264 e. The molecule has 1 N–H and O–H groups in total. The van der Waals surface area contributed by atoms with Crippen LogP contribution in [0.2, 0.25) is 0 Å². The molecule has 0 aliphatic heterocycles. The number of carbonyl (C=O) groups is 2. The van der Waals surface area contributed by atoms with Gasteiger partial charge in [0.2, 0.25) is 11.8 Å². The number of benzene rings is 4. The first-order valence-corrected chi connectivity index (χ1v) is 14.9. The van der Waals surface area contributed by atoms with E-state index in [1.54, 1.807) is 36.4 Å². The summed E-state index contributed by atoms with van der Waals surface area (Å²) in [6, 6.07) is 31.4. The van der Waals surface area contributed by atoms with E-state index in [-0.39, 0.29) is 23.8 Å². The van der Waals surface area contributed by atoms with Crippen LogP contribution < -0.4 is 9.62 Å². The second-order valence-electron chi connectivity index (χ2n) is 9.99. The van der Waals surface area contributed by atoms with E-state index in [9.17, 15) is 18.0 Å². The number of nitrogens with zero attached hydrogens (tertiary/aromatic N) is 2. The summed E-state index contributed by atoms with van der Waals surface area (Å²) in [5.41, 5.74) is 4.01. The summed E-state index contributed by atoms with van der Waals surface area (Å²) in [6.45, 7) is 3.50. The van der Waals surface area contributed by atoms with Gasteiger partial charge in [-0.1, -0.05) is 90.5 Å². The quantitative estimate of drug-likeness (QED) is 0.279. The standard InChI is InChI=1S/C33H35N3O4S/c1-25-17-19-28(20-18-25)23-35(31(33(38)34-3)22-27-12-6-4-7-13-27)32(37)24-36(29-14-10-11-26(2)21-29)41(39,40)30-15-8-5-9-16-30/h4-21,31H,22-24H2,1-3H3,(H,34,38)/t31-/m1/s1. The van der Waals surface area contributed by atoms with Gasteiger partial charge in [0.25, 0.3) is 10.0 Å². The van der Waals surface area contributed by atoms with Crippen LogP contribution in [0.1, 0.15) is 22.3 Å². The molecule has 4 aromatic carbocycles. The summed E-state index contributed by atoms with van der Waals surface area (Å²) in [5, 5.41) is 2.70. The van der Waals surface area contributed by atoms with Crippen LogP contribution in [0.3, 0.4) is 0 Å². The van der Waals surface area contributed by atoms with Gasteiger partial charge in [0, 0.05) is 20.0 Å². The molecule has 0 bridgehead atoms. The maximum atomic E-state index is 14.3. The molecule has 1 atom stereocenters. The molecule has 8 heteroatoms. The van der Waals surface area contributed by atoms with E-state index in [0.29, 0.717) is 5.69 Å². The summed E-state index contributed by atoms with van der Waals surface area (Å²) >= 11 is 0. The summed E-state index contributed by atoms with van der Waals surface area (Å²) in [5.74, 6) is -0.821. The average Bonchev–Trinajstić information content (AvgIpc) is 2.99. The molecule has 0 fully saturated rings. The molecule has 0 heterocycles. The van der Waals surface area contributed by atoms with Crippen molar-refractivity contribution in [3.8, 4) is 0 Å². The van der Waals surface area contributed by atoms with Crippen LogP contribution in [0, 0.1) is 13.8 Å². The average molecular weight is 570 g/mol. The van der Waals surface area contributed by atoms with Gasteiger partial charge in [-0.15, -0.1) is 0 Å². The monoisotopic (exact) mass is 569 g/mol. The zero-order chi connectivity index (χ0) is 29.4. The van der Waals surface area contributed by atoms with Gasteiger partial charge in [0.15, 0.2) is 0 Å². The third-order valence-corrected chi connectivity index (χ3v) is 8.68. The Kier molecular flexibility index (Phi) is 9.57. The van der Waals surface area contributed by atoms with E-state index in [0.717, 1.165) is 26.6 Å². The van der Waals surface area contributed by atoms with Crippen molar-refractivity contribution >= 4 is 27.5 Å². The second kappa shape index (κ2) is 13.3. The number of sulfonamides is 1. The highest BCUT2D eigenvalue weighted by Crippen LogP contribution is 2.26. The molecule has 4 aromatic rings. The van der Waals surface area contributed by atoms with Gasteiger partial charge in [0.1, 0.15) is 12.6 Å². The van der Waals surface area contributed by atoms with Gasteiger partial charge in [-0.25, -0.2) is 8.42 Å². The molecular weight excluding hydrogens is 534 g/mol. The molecule has 0 radical (unpaired) electrons. The number of anilines is 1. The van der Waals surface area contributed by atoms with Crippen molar-refractivity contribution in [2.45, 2.75) is 37.8 Å². The third-order valence-electron chi connectivity index (χ3n) is 6.89. The lowest BCUT2D eigenvalue weighted by atomic mass is 10.0. The molecule has 0 saturated heterocycles. The van der Waals surface area contributed by atoms with E-state index < -0.39 is 28.5 Å². The fourth-order valence-electron chi connectivity index (χ4n) is 4.64. The van der Waals surface area contributed by atoms with Crippen LogP contribution in [0.5, 0.6) is 0 Å². The molecule has 7 nitrogen and oxygen atoms in total. The lowest BCUT2D eigenvalue weighted by molar-refractivity contribution is -0.139. The number of amides is 2. The Hall–Kier alpha value is -4.43. The molecule has 0 aliphatic rings. The number of aryl methyl sites for hydroxylation is 2. The number of carbonyl (C=O) groups excluding carboxylic acids is 2. The fraction of sp³-hybridized carbons (Fsp3) is 0.212. The van der Waals surface area contributed by atoms with Gasteiger partial charge in [-0.05, 0) is 54.8 Å². The fourth-order valence-corrected chi connectivity index (χ4v) is 6.07. The normalized spacial score (nSPS) is 11.9. The van der Waals surface area contributed by atoms with E-state index in [2.05, 4.69) is 5.32 Å². The van der Waals surface area contributed by atoms with Crippen molar-refractivity contribution in [1.29, 1.82) is 0 Å². The predicted molar refractivity (Wildman–Crippen MR) is 162 cm³/mol. The highest BCUT2D eigenvalue weighted by Gasteiger charge is 2.34. The number of rotatable bonds is 11. The Morgan fingerprint density at radius 3 is 2.00 bits per heavy atom. The van der Waals surface area contributed by atoms with Crippen LogP contribution in [-0.4, -0.2) is 44.8 Å². The highest BCUT2D eigenvalue weighted by atomic mass is 32.2. The topological polar surface area (TPSA) is 86.8 Å². The first kappa shape index (κ1) is 29.6. The Morgan fingerprint density at radius 2 is 1.39 bits per heavy atom. The summed E-state index contributed by atoms with van der Waals surface area (Å²) in [6.07, 6.45) is 0.272. The highest BCUT2D eigenvalue weighted by molar-refractivity contribution is 7.92. The third kappa shape index (κ3) is 7.41. The number of likely N-dealkylation sites (N-methyl/N-ethyl adjacent to an activating group) is 1. The molecule has 0 unspecified atom stereocenters. The van der Waals surface area contributed by atoms with Crippen molar-refractivity contribution in [3.63, 3.8) is 0 Å². The van der Waals surface area contributed by atoms with Gasteiger partial charge in [-0.3, -0.25) is 13.9 Å². The minimum Gasteiger partial charge on any atom is -0.357 e. The van der Waals surface area contributed by atoms with Crippen molar-refractivity contribution in [1.82, 2.24) is 10.2 Å². The minimum atomic E-state index is -4.10. The van der Waals surface area contributed by atoms with Gasteiger partial charge < -0.3 is 10.2 Å². The van der Waals surface area contributed by atoms with E-state index in [1.165, 1.54) is 24.1 Å². The molecule has 2 amide bonds. The molecule has 212 valence electrons. The number of hydrogen-bond donors (Lipinski definition) is 1. The summed E-state index contributed by atoms with van der Waals surface area (Å²) < 4.78 is 29.0. The molecule has 0 spiro atoms. The lowest BCUT2D eigenvalue weighted by Gasteiger charge is -2.33. The molecule has 4 rings (SSSR count). The van der Waals surface area contributed by atoms with Crippen molar-refractivity contribution in [2.75, 3.05) is 17.9 Å². The predicted octanol–water partition coefficient (Wildman–Crippen LogP) is 4.88. The molecule has 41 heavy (non-hydrogen) atoms. The largest absolute Gasteiger partial charge is 0.357 e. The van der Waals surface area contributed by atoms with Crippen molar-refractivity contribution < 1.29 is 18.0 Å². The number of hydrogen-bond acceptors (Lipinski definition) is 4. The zero-order valence-electron chi connectivity index (χ0n) is 23.5. The van der Waals surface area contributed by atoms with Crippen molar-refractivity contribution in [3.05, 3.63) is 131 Å². The Labute approximate surface area is 242 Å². The van der Waals surface area contributed by atoms with Crippen LogP contribution in [0.15, 0.2) is 114 Å². The zero-order valence-corrected chi connectivity index (χ0v) is 24.3. The lowest BCUT2D eigenvalue weighted by Crippen LogP contribution is -2.53. The smallest absolute Gasteiger partial charge is 0.264 e. The molecular formula is C33H35N3O4S. The maximum absolute atomic E-state index is 14.3. The van der Waals surface area contributed by atoms with Crippen LogP contribution in [0.4, 0.5) is 5.69 Å². The van der Waals surface area contributed by atoms with E-state index in [1.807, 2.05) is 74.5 Å². The van der Waals surface area contributed by atoms with Crippen LogP contribution in [0.25, 0.3) is 0 Å². The van der Waals surface area contributed by atoms with Gasteiger partial charge in [0.05, 0.1) is 10.6 Å². The molecule has 0 aromatic heterocycles.